The van der Waals surface area contributed by atoms with E-state index in [1.54, 1.807) is 23.3 Å². The molecule has 2 heterocycles. The molecule has 0 fully saturated rings. The topological polar surface area (TPSA) is 56.7 Å². The third kappa shape index (κ3) is 1.70. The van der Waals surface area contributed by atoms with Gasteiger partial charge in [-0.25, -0.2) is 4.68 Å². The highest BCUT2D eigenvalue weighted by atomic mass is 79.9. The maximum Gasteiger partial charge on any atom is 0.0849 e. The minimum Gasteiger partial charge on any atom is -0.397 e. The fourth-order valence-corrected chi connectivity index (χ4v) is 1.30. The van der Waals surface area contributed by atoms with Crippen molar-refractivity contribution in [3.05, 3.63) is 35.3 Å². The van der Waals surface area contributed by atoms with Crippen LogP contribution in [0.1, 0.15) is 0 Å². The molecule has 0 amide bonds. The average molecular weight is 239 g/mol. The predicted octanol–water partition coefficient (Wildman–Crippen LogP) is 1.61. The van der Waals surface area contributed by atoms with Gasteiger partial charge in [-0.3, -0.25) is 4.98 Å². The van der Waals surface area contributed by atoms with Crippen LogP contribution in [0, 0.1) is 0 Å². The molecule has 0 spiro atoms. The van der Waals surface area contributed by atoms with Gasteiger partial charge in [0.2, 0.25) is 0 Å². The van der Waals surface area contributed by atoms with Crippen molar-refractivity contribution in [2.75, 3.05) is 5.73 Å². The van der Waals surface area contributed by atoms with Crippen LogP contribution in [-0.4, -0.2) is 14.8 Å². The number of nitrogen functional groups attached to an aromatic ring is 1. The fourth-order valence-electron chi connectivity index (χ4n) is 1.01. The van der Waals surface area contributed by atoms with E-state index in [9.17, 15) is 0 Å². The van der Waals surface area contributed by atoms with E-state index < -0.39 is 0 Å². The molecular formula is C8H7BrN4. The lowest BCUT2D eigenvalue weighted by atomic mass is 10.4. The first-order chi connectivity index (χ1) is 6.25. The van der Waals surface area contributed by atoms with E-state index in [1.165, 1.54) is 0 Å². The lowest BCUT2D eigenvalue weighted by Gasteiger charge is -2.00. The van der Waals surface area contributed by atoms with Crippen LogP contribution in [0.5, 0.6) is 0 Å². The SMILES string of the molecule is Nc1cncc(-n2cc(Br)cn2)c1. The van der Waals surface area contributed by atoms with Gasteiger partial charge in [0.15, 0.2) is 0 Å². The highest BCUT2D eigenvalue weighted by Gasteiger charge is 1.98. The molecule has 0 bridgehead atoms. The van der Waals surface area contributed by atoms with E-state index in [0.29, 0.717) is 5.69 Å². The number of hydrogen-bond acceptors (Lipinski definition) is 3. The van der Waals surface area contributed by atoms with Crippen LogP contribution in [0.4, 0.5) is 5.69 Å². The molecular weight excluding hydrogens is 232 g/mol. The summed E-state index contributed by atoms with van der Waals surface area (Å²) in [6.45, 7) is 0. The number of pyridine rings is 1. The predicted molar refractivity (Wildman–Crippen MR) is 53.5 cm³/mol. The molecule has 2 N–H and O–H groups in total. The molecule has 0 saturated carbocycles. The second-order valence-corrected chi connectivity index (χ2v) is 3.50. The third-order valence-electron chi connectivity index (χ3n) is 1.56. The minimum atomic E-state index is 0.629. The maximum absolute atomic E-state index is 5.59. The average Bonchev–Trinajstić information content (AvgIpc) is 2.52. The Morgan fingerprint density at radius 1 is 1.31 bits per heavy atom. The summed E-state index contributed by atoms with van der Waals surface area (Å²) in [5.41, 5.74) is 7.07. The minimum absolute atomic E-state index is 0.629. The van der Waals surface area contributed by atoms with Crippen molar-refractivity contribution in [3.63, 3.8) is 0 Å². The van der Waals surface area contributed by atoms with Crippen molar-refractivity contribution >= 4 is 21.6 Å². The molecule has 0 aliphatic heterocycles. The number of nitrogens with two attached hydrogens (primary N) is 1. The quantitative estimate of drug-likeness (QED) is 0.822. The molecule has 0 aromatic carbocycles. The summed E-state index contributed by atoms with van der Waals surface area (Å²) in [5, 5.41) is 4.10. The molecule has 0 aliphatic rings. The van der Waals surface area contributed by atoms with Gasteiger partial charge in [0.05, 0.1) is 28.2 Å². The highest BCUT2D eigenvalue weighted by molar-refractivity contribution is 9.10. The van der Waals surface area contributed by atoms with Crippen molar-refractivity contribution in [1.82, 2.24) is 14.8 Å². The second kappa shape index (κ2) is 3.18. The van der Waals surface area contributed by atoms with Gasteiger partial charge in [-0.05, 0) is 22.0 Å². The normalized spacial score (nSPS) is 10.2. The zero-order valence-corrected chi connectivity index (χ0v) is 8.27. The van der Waals surface area contributed by atoms with E-state index in [-0.39, 0.29) is 0 Å². The van der Waals surface area contributed by atoms with Crippen LogP contribution < -0.4 is 5.73 Å². The largest absolute Gasteiger partial charge is 0.397 e. The standard InChI is InChI=1S/C8H7BrN4/c9-6-2-12-13(5-6)8-1-7(10)3-11-4-8/h1-5H,10H2. The van der Waals surface area contributed by atoms with Crippen LogP contribution in [-0.2, 0) is 0 Å². The summed E-state index contributed by atoms with van der Waals surface area (Å²) in [4.78, 5) is 3.97. The first-order valence-electron chi connectivity index (χ1n) is 3.67. The van der Waals surface area contributed by atoms with Crippen molar-refractivity contribution < 1.29 is 0 Å². The van der Waals surface area contributed by atoms with E-state index in [0.717, 1.165) is 10.2 Å². The fraction of sp³-hybridized carbons (Fsp3) is 0. The number of nitrogens with zero attached hydrogens (tertiary/aromatic N) is 3. The molecule has 5 heteroatoms. The molecule has 13 heavy (non-hydrogen) atoms. The molecule has 0 saturated heterocycles. The van der Waals surface area contributed by atoms with Crippen LogP contribution >= 0.6 is 15.9 Å². The first-order valence-corrected chi connectivity index (χ1v) is 4.46. The summed E-state index contributed by atoms with van der Waals surface area (Å²) >= 11 is 3.31. The summed E-state index contributed by atoms with van der Waals surface area (Å²) in [6.07, 6.45) is 6.86. The van der Waals surface area contributed by atoms with Gasteiger partial charge in [-0.15, -0.1) is 0 Å². The first kappa shape index (κ1) is 8.25. The Morgan fingerprint density at radius 2 is 2.15 bits per heavy atom. The van der Waals surface area contributed by atoms with Crippen LogP contribution in [0.25, 0.3) is 5.69 Å². The molecule has 0 atom stereocenters. The zero-order chi connectivity index (χ0) is 9.26. The Morgan fingerprint density at radius 3 is 2.77 bits per heavy atom. The number of aromatic nitrogens is 3. The van der Waals surface area contributed by atoms with E-state index >= 15 is 0 Å². The summed E-state index contributed by atoms with van der Waals surface area (Å²) < 4.78 is 2.63. The Kier molecular flexibility index (Phi) is 2.02. The summed E-state index contributed by atoms with van der Waals surface area (Å²) in [5.74, 6) is 0. The highest BCUT2D eigenvalue weighted by Crippen LogP contribution is 2.13. The Bertz CT molecular complexity index is 424. The molecule has 0 radical (unpaired) electrons. The Labute approximate surface area is 83.5 Å². The molecule has 2 rings (SSSR count). The molecule has 66 valence electrons. The van der Waals surface area contributed by atoms with Crippen LogP contribution in [0.2, 0.25) is 0 Å². The molecule has 4 nitrogen and oxygen atoms in total. The van der Waals surface area contributed by atoms with Gasteiger partial charge >= 0.3 is 0 Å². The van der Waals surface area contributed by atoms with Crippen molar-refractivity contribution in [2.24, 2.45) is 0 Å². The molecule has 0 unspecified atom stereocenters. The number of anilines is 1. The van der Waals surface area contributed by atoms with Crippen LogP contribution in [0.15, 0.2) is 35.3 Å². The lowest BCUT2D eigenvalue weighted by molar-refractivity contribution is 0.874. The van der Waals surface area contributed by atoms with Crippen molar-refractivity contribution in [2.45, 2.75) is 0 Å². The number of rotatable bonds is 1. The Balaban J connectivity index is 2.46. The second-order valence-electron chi connectivity index (χ2n) is 2.58. The van der Waals surface area contributed by atoms with Gasteiger partial charge in [0.1, 0.15) is 0 Å². The van der Waals surface area contributed by atoms with Crippen molar-refractivity contribution in [3.8, 4) is 5.69 Å². The van der Waals surface area contributed by atoms with Crippen LogP contribution in [0.3, 0.4) is 0 Å². The maximum atomic E-state index is 5.59. The van der Waals surface area contributed by atoms with E-state index in [2.05, 4.69) is 26.0 Å². The van der Waals surface area contributed by atoms with E-state index in [1.807, 2.05) is 12.3 Å². The third-order valence-corrected chi connectivity index (χ3v) is 1.97. The Hall–Kier alpha value is -1.36. The van der Waals surface area contributed by atoms with E-state index in [4.69, 9.17) is 5.73 Å². The molecule has 0 aliphatic carbocycles. The summed E-state index contributed by atoms with van der Waals surface area (Å²) in [6, 6.07) is 1.81. The lowest BCUT2D eigenvalue weighted by Crippen LogP contribution is -1.96. The monoisotopic (exact) mass is 238 g/mol. The van der Waals surface area contributed by atoms with Gasteiger partial charge in [-0.1, -0.05) is 0 Å². The van der Waals surface area contributed by atoms with Gasteiger partial charge in [0.25, 0.3) is 0 Å². The smallest absolute Gasteiger partial charge is 0.0849 e. The summed E-state index contributed by atoms with van der Waals surface area (Å²) in [7, 11) is 0. The van der Waals surface area contributed by atoms with Crippen molar-refractivity contribution in [1.29, 1.82) is 0 Å². The van der Waals surface area contributed by atoms with Gasteiger partial charge in [0, 0.05) is 12.4 Å². The zero-order valence-electron chi connectivity index (χ0n) is 6.68. The van der Waals surface area contributed by atoms with Gasteiger partial charge in [-0.2, -0.15) is 5.10 Å². The molecule has 2 aromatic heterocycles. The van der Waals surface area contributed by atoms with Gasteiger partial charge < -0.3 is 5.73 Å². The number of halogens is 1. The number of hydrogen-bond donors (Lipinski definition) is 1. The molecule has 2 aromatic rings.